The van der Waals surface area contributed by atoms with Gasteiger partial charge in [-0.25, -0.2) is 4.79 Å². The molecule has 0 saturated heterocycles. The standard InChI is InChI=1S/C11H11FO4/c12-3-1-2-7-4-9-10(16-6-15-9)5-8(7)11(13)14/h4-5H,1-3,6H2,(H,13,14). The molecule has 0 atom stereocenters. The molecule has 0 saturated carbocycles. The fraction of sp³-hybridized carbons (Fsp3) is 0.364. The molecule has 1 aromatic rings. The molecule has 0 fully saturated rings. The van der Waals surface area contributed by atoms with E-state index in [-0.39, 0.29) is 12.4 Å². The van der Waals surface area contributed by atoms with Gasteiger partial charge in [-0.05, 0) is 30.5 Å². The van der Waals surface area contributed by atoms with Crippen LogP contribution in [-0.2, 0) is 6.42 Å². The van der Waals surface area contributed by atoms with Gasteiger partial charge in [0.2, 0.25) is 6.79 Å². The van der Waals surface area contributed by atoms with Gasteiger partial charge >= 0.3 is 5.97 Å². The van der Waals surface area contributed by atoms with Crippen molar-refractivity contribution >= 4 is 5.97 Å². The average molecular weight is 226 g/mol. The number of rotatable bonds is 4. The summed E-state index contributed by atoms with van der Waals surface area (Å²) >= 11 is 0. The second-order valence-corrected chi connectivity index (χ2v) is 3.46. The van der Waals surface area contributed by atoms with E-state index in [0.29, 0.717) is 29.9 Å². The van der Waals surface area contributed by atoms with Gasteiger partial charge in [-0.2, -0.15) is 0 Å². The zero-order chi connectivity index (χ0) is 11.5. The Bertz CT molecular complexity index is 417. The van der Waals surface area contributed by atoms with Crippen LogP contribution in [0.4, 0.5) is 4.39 Å². The molecule has 5 heteroatoms. The first-order chi connectivity index (χ1) is 7.72. The number of hydrogen-bond acceptors (Lipinski definition) is 3. The molecule has 2 rings (SSSR count). The lowest BCUT2D eigenvalue weighted by atomic mass is 10.0. The molecule has 0 spiro atoms. The fourth-order valence-electron chi connectivity index (χ4n) is 1.65. The highest BCUT2D eigenvalue weighted by molar-refractivity contribution is 5.90. The molecule has 0 unspecified atom stereocenters. The highest BCUT2D eigenvalue weighted by atomic mass is 19.1. The van der Waals surface area contributed by atoms with Gasteiger partial charge in [-0.15, -0.1) is 0 Å². The van der Waals surface area contributed by atoms with E-state index in [4.69, 9.17) is 14.6 Å². The molecule has 0 aliphatic carbocycles. The minimum Gasteiger partial charge on any atom is -0.478 e. The molecule has 1 aromatic carbocycles. The van der Waals surface area contributed by atoms with Crippen molar-refractivity contribution in [3.63, 3.8) is 0 Å². The number of carboxylic acid groups (broad SMARTS) is 1. The molecule has 1 heterocycles. The Kier molecular flexibility index (Phi) is 2.94. The van der Waals surface area contributed by atoms with Gasteiger partial charge in [0.25, 0.3) is 0 Å². The van der Waals surface area contributed by atoms with Crippen molar-refractivity contribution in [2.24, 2.45) is 0 Å². The summed E-state index contributed by atoms with van der Waals surface area (Å²) in [6, 6.07) is 3.04. The summed E-state index contributed by atoms with van der Waals surface area (Å²) < 4.78 is 22.3. The largest absolute Gasteiger partial charge is 0.478 e. The Morgan fingerprint density at radius 1 is 1.38 bits per heavy atom. The minimum absolute atomic E-state index is 0.0982. The number of ether oxygens (including phenoxy) is 2. The van der Waals surface area contributed by atoms with Gasteiger partial charge in [-0.3, -0.25) is 4.39 Å². The van der Waals surface area contributed by atoms with E-state index in [0.717, 1.165) is 0 Å². The van der Waals surface area contributed by atoms with Crippen molar-refractivity contribution in [3.8, 4) is 11.5 Å². The summed E-state index contributed by atoms with van der Waals surface area (Å²) in [6.45, 7) is -0.367. The van der Waals surface area contributed by atoms with Crippen molar-refractivity contribution in [2.45, 2.75) is 12.8 Å². The Morgan fingerprint density at radius 3 is 2.69 bits per heavy atom. The Balaban J connectivity index is 2.36. The molecule has 0 amide bonds. The van der Waals surface area contributed by atoms with E-state index in [1.807, 2.05) is 0 Å². The SMILES string of the molecule is O=C(O)c1cc2c(cc1CCCF)OCO2. The smallest absolute Gasteiger partial charge is 0.336 e. The number of hydrogen-bond donors (Lipinski definition) is 1. The monoisotopic (exact) mass is 226 g/mol. The molecule has 0 bridgehead atoms. The van der Waals surface area contributed by atoms with E-state index in [2.05, 4.69) is 0 Å². The first-order valence-electron chi connectivity index (χ1n) is 4.94. The third-order valence-corrected chi connectivity index (χ3v) is 2.41. The maximum absolute atomic E-state index is 12.1. The molecule has 16 heavy (non-hydrogen) atoms. The zero-order valence-electron chi connectivity index (χ0n) is 8.53. The number of halogens is 1. The summed E-state index contributed by atoms with van der Waals surface area (Å²) in [4.78, 5) is 11.0. The summed E-state index contributed by atoms with van der Waals surface area (Å²) in [7, 11) is 0. The van der Waals surface area contributed by atoms with Crippen molar-refractivity contribution in [1.82, 2.24) is 0 Å². The summed E-state index contributed by atoms with van der Waals surface area (Å²) in [5.74, 6) is -0.0765. The van der Waals surface area contributed by atoms with Crippen LogP contribution in [0.2, 0.25) is 0 Å². The zero-order valence-corrected chi connectivity index (χ0v) is 8.53. The number of aryl methyl sites for hydroxylation is 1. The molecule has 0 aromatic heterocycles. The topological polar surface area (TPSA) is 55.8 Å². The summed E-state index contributed by atoms with van der Waals surface area (Å²) in [5.41, 5.74) is 0.729. The maximum atomic E-state index is 12.1. The molecular weight excluding hydrogens is 215 g/mol. The summed E-state index contributed by atoms with van der Waals surface area (Å²) in [5, 5.41) is 9.01. The average Bonchev–Trinajstić information content (AvgIpc) is 2.71. The number of carboxylic acids is 1. The molecule has 1 N–H and O–H groups in total. The van der Waals surface area contributed by atoms with Crippen molar-refractivity contribution < 1.29 is 23.8 Å². The van der Waals surface area contributed by atoms with Gasteiger partial charge in [0.05, 0.1) is 12.2 Å². The normalized spacial score (nSPS) is 12.8. The number of carbonyl (C=O) groups is 1. The predicted octanol–water partition coefficient (Wildman–Crippen LogP) is 2.02. The van der Waals surface area contributed by atoms with E-state index in [1.54, 1.807) is 6.07 Å². The van der Waals surface area contributed by atoms with Gasteiger partial charge in [0.15, 0.2) is 11.5 Å². The van der Waals surface area contributed by atoms with Gasteiger partial charge < -0.3 is 14.6 Å². The molecule has 0 radical (unpaired) electrons. The van der Waals surface area contributed by atoms with Gasteiger partial charge in [0.1, 0.15) is 0 Å². The first kappa shape index (κ1) is 10.7. The van der Waals surface area contributed by atoms with Gasteiger partial charge in [0, 0.05) is 0 Å². The lowest BCUT2D eigenvalue weighted by molar-refractivity contribution is 0.0695. The molecule has 86 valence electrons. The lowest BCUT2D eigenvalue weighted by Gasteiger charge is -2.06. The Hall–Kier alpha value is -1.78. The number of alkyl halides is 1. The first-order valence-corrected chi connectivity index (χ1v) is 4.94. The third kappa shape index (κ3) is 1.93. The van der Waals surface area contributed by atoms with Crippen molar-refractivity contribution in [1.29, 1.82) is 0 Å². The lowest BCUT2D eigenvalue weighted by Crippen LogP contribution is -2.03. The highest BCUT2D eigenvalue weighted by Gasteiger charge is 2.20. The minimum atomic E-state index is -1.04. The molecule has 4 nitrogen and oxygen atoms in total. The second-order valence-electron chi connectivity index (χ2n) is 3.46. The van der Waals surface area contributed by atoms with Crippen LogP contribution >= 0.6 is 0 Å². The van der Waals surface area contributed by atoms with Crippen LogP contribution in [0.5, 0.6) is 11.5 Å². The second kappa shape index (κ2) is 4.38. The Labute approximate surface area is 91.6 Å². The van der Waals surface area contributed by atoms with E-state index >= 15 is 0 Å². The van der Waals surface area contributed by atoms with Crippen molar-refractivity contribution in [3.05, 3.63) is 23.3 Å². The summed E-state index contributed by atoms with van der Waals surface area (Å²) in [6.07, 6.45) is 0.689. The fourth-order valence-corrected chi connectivity index (χ4v) is 1.65. The van der Waals surface area contributed by atoms with E-state index < -0.39 is 12.6 Å². The number of benzene rings is 1. The molecule has 1 aliphatic rings. The molecular formula is C11H11FO4. The molecule has 1 aliphatic heterocycles. The Morgan fingerprint density at radius 2 is 2.06 bits per heavy atom. The van der Waals surface area contributed by atoms with Crippen LogP contribution in [-0.4, -0.2) is 24.5 Å². The maximum Gasteiger partial charge on any atom is 0.336 e. The van der Waals surface area contributed by atoms with Crippen LogP contribution in [0.25, 0.3) is 0 Å². The van der Waals surface area contributed by atoms with Gasteiger partial charge in [-0.1, -0.05) is 0 Å². The van der Waals surface area contributed by atoms with E-state index in [1.165, 1.54) is 6.07 Å². The van der Waals surface area contributed by atoms with Crippen molar-refractivity contribution in [2.75, 3.05) is 13.5 Å². The van der Waals surface area contributed by atoms with Crippen LogP contribution in [0.1, 0.15) is 22.3 Å². The predicted molar refractivity (Wildman–Crippen MR) is 53.8 cm³/mol. The van der Waals surface area contributed by atoms with Crippen LogP contribution in [0.15, 0.2) is 12.1 Å². The quantitative estimate of drug-likeness (QED) is 0.853. The highest BCUT2D eigenvalue weighted by Crippen LogP contribution is 2.35. The van der Waals surface area contributed by atoms with Crippen LogP contribution < -0.4 is 9.47 Å². The van der Waals surface area contributed by atoms with Crippen LogP contribution in [0, 0.1) is 0 Å². The third-order valence-electron chi connectivity index (χ3n) is 2.41. The number of fused-ring (bicyclic) bond motifs is 1. The number of aromatic carboxylic acids is 1. The van der Waals surface area contributed by atoms with Crippen LogP contribution in [0.3, 0.4) is 0 Å². The van der Waals surface area contributed by atoms with E-state index in [9.17, 15) is 9.18 Å².